The second kappa shape index (κ2) is 7.39. The van der Waals surface area contributed by atoms with Gasteiger partial charge in [-0.2, -0.15) is 0 Å². The average Bonchev–Trinajstić information content (AvgIpc) is 3.22. The Morgan fingerprint density at radius 1 is 1.42 bits per heavy atom. The highest BCUT2D eigenvalue weighted by molar-refractivity contribution is 9.10. The van der Waals surface area contributed by atoms with E-state index >= 15 is 0 Å². The molecule has 1 unspecified atom stereocenters. The first-order chi connectivity index (χ1) is 9.20. The third kappa shape index (κ3) is 4.88. The molecule has 1 aliphatic rings. The molecule has 3 heteroatoms. The van der Waals surface area contributed by atoms with E-state index in [2.05, 4.69) is 28.2 Å². The van der Waals surface area contributed by atoms with E-state index in [4.69, 9.17) is 0 Å². The van der Waals surface area contributed by atoms with Crippen molar-refractivity contribution in [1.82, 2.24) is 5.32 Å². The number of hydrogen-bond donors (Lipinski definition) is 1. The van der Waals surface area contributed by atoms with Crippen molar-refractivity contribution in [2.75, 3.05) is 6.54 Å². The average molecular weight is 328 g/mol. The third-order valence-corrected chi connectivity index (χ3v) is 4.31. The van der Waals surface area contributed by atoms with Gasteiger partial charge in [-0.3, -0.25) is 0 Å². The van der Waals surface area contributed by atoms with E-state index in [1.54, 1.807) is 12.1 Å². The zero-order valence-electron chi connectivity index (χ0n) is 11.6. The molecule has 0 radical (unpaired) electrons. The van der Waals surface area contributed by atoms with Crippen molar-refractivity contribution in [3.63, 3.8) is 0 Å². The molecule has 1 saturated carbocycles. The molecule has 0 saturated heterocycles. The van der Waals surface area contributed by atoms with E-state index in [1.165, 1.54) is 19.3 Å². The summed E-state index contributed by atoms with van der Waals surface area (Å²) < 4.78 is 14.6. The lowest BCUT2D eigenvalue weighted by Gasteiger charge is -2.17. The summed E-state index contributed by atoms with van der Waals surface area (Å²) in [5.41, 5.74) is 0.833. The van der Waals surface area contributed by atoms with Gasteiger partial charge in [0.05, 0.1) is 0 Å². The monoisotopic (exact) mass is 327 g/mol. The predicted molar refractivity (Wildman–Crippen MR) is 81.8 cm³/mol. The van der Waals surface area contributed by atoms with E-state index in [0.717, 1.165) is 41.8 Å². The van der Waals surface area contributed by atoms with Crippen LogP contribution in [0.1, 0.15) is 44.6 Å². The van der Waals surface area contributed by atoms with Gasteiger partial charge in [0.25, 0.3) is 0 Å². The summed E-state index contributed by atoms with van der Waals surface area (Å²) in [6.07, 6.45) is 6.98. The summed E-state index contributed by atoms with van der Waals surface area (Å²) in [5.74, 6) is 0.798. The van der Waals surface area contributed by atoms with Crippen LogP contribution in [0.3, 0.4) is 0 Å². The Morgan fingerprint density at radius 2 is 2.21 bits per heavy atom. The van der Waals surface area contributed by atoms with Crippen molar-refractivity contribution in [3.8, 4) is 0 Å². The molecular formula is C16H23BrFN. The molecule has 0 heterocycles. The molecule has 1 aliphatic carbocycles. The number of aryl methyl sites for hydroxylation is 1. The Hall–Kier alpha value is -0.410. The van der Waals surface area contributed by atoms with Crippen molar-refractivity contribution in [3.05, 3.63) is 34.1 Å². The van der Waals surface area contributed by atoms with Crippen LogP contribution in [0.5, 0.6) is 0 Å². The highest BCUT2D eigenvalue weighted by Gasteiger charge is 2.30. The summed E-state index contributed by atoms with van der Waals surface area (Å²) in [4.78, 5) is 0. The lowest BCUT2D eigenvalue weighted by atomic mass is 10.0. The summed E-state index contributed by atoms with van der Waals surface area (Å²) in [5, 5.41) is 3.64. The van der Waals surface area contributed by atoms with Crippen molar-refractivity contribution in [1.29, 1.82) is 0 Å². The summed E-state index contributed by atoms with van der Waals surface area (Å²) >= 11 is 3.41. The van der Waals surface area contributed by atoms with E-state index in [-0.39, 0.29) is 5.82 Å². The maximum Gasteiger partial charge on any atom is 0.126 e. The van der Waals surface area contributed by atoms with Gasteiger partial charge in [0.15, 0.2) is 0 Å². The molecule has 19 heavy (non-hydrogen) atoms. The van der Waals surface area contributed by atoms with Crippen molar-refractivity contribution < 1.29 is 4.39 Å². The zero-order chi connectivity index (χ0) is 13.7. The van der Waals surface area contributed by atoms with Crippen LogP contribution < -0.4 is 5.32 Å². The van der Waals surface area contributed by atoms with E-state index < -0.39 is 0 Å². The van der Waals surface area contributed by atoms with Gasteiger partial charge in [-0.15, -0.1) is 0 Å². The van der Waals surface area contributed by atoms with Crippen LogP contribution in [-0.2, 0) is 6.42 Å². The van der Waals surface area contributed by atoms with Crippen LogP contribution in [0.25, 0.3) is 0 Å². The molecule has 0 amide bonds. The SMILES string of the molecule is CCCNC(CCCc1cc(Br)ccc1F)C1CC1. The lowest BCUT2D eigenvalue weighted by molar-refractivity contribution is 0.423. The Bertz CT molecular complexity index is 404. The molecule has 1 nitrogen and oxygen atoms in total. The highest BCUT2D eigenvalue weighted by atomic mass is 79.9. The molecule has 1 N–H and O–H groups in total. The van der Waals surface area contributed by atoms with Gasteiger partial charge in [-0.25, -0.2) is 4.39 Å². The molecule has 1 aromatic rings. The predicted octanol–water partition coefficient (Wildman–Crippen LogP) is 4.69. The molecular weight excluding hydrogens is 305 g/mol. The molecule has 0 spiro atoms. The Kier molecular flexibility index (Phi) is 5.83. The normalized spacial score (nSPS) is 16.6. The molecule has 0 aliphatic heterocycles. The molecule has 1 fully saturated rings. The number of hydrogen-bond acceptors (Lipinski definition) is 1. The molecule has 2 rings (SSSR count). The Labute approximate surface area is 124 Å². The maximum atomic E-state index is 13.6. The van der Waals surface area contributed by atoms with Gasteiger partial charge in [-0.1, -0.05) is 22.9 Å². The van der Waals surface area contributed by atoms with E-state index in [1.807, 2.05) is 6.07 Å². The molecule has 1 aromatic carbocycles. The molecule has 106 valence electrons. The van der Waals surface area contributed by atoms with E-state index in [9.17, 15) is 4.39 Å². The van der Waals surface area contributed by atoms with Gasteiger partial charge < -0.3 is 5.32 Å². The highest BCUT2D eigenvalue weighted by Crippen LogP contribution is 2.34. The van der Waals surface area contributed by atoms with Crippen molar-refractivity contribution in [2.24, 2.45) is 5.92 Å². The lowest BCUT2D eigenvalue weighted by Crippen LogP contribution is -2.31. The number of nitrogens with one attached hydrogen (secondary N) is 1. The van der Waals surface area contributed by atoms with Crippen molar-refractivity contribution >= 4 is 15.9 Å². The summed E-state index contributed by atoms with van der Waals surface area (Å²) in [7, 11) is 0. The fourth-order valence-corrected chi connectivity index (χ4v) is 2.99. The van der Waals surface area contributed by atoms with Crippen LogP contribution >= 0.6 is 15.9 Å². The summed E-state index contributed by atoms with van der Waals surface area (Å²) in [6, 6.07) is 5.86. The fraction of sp³-hybridized carbons (Fsp3) is 0.625. The van der Waals surface area contributed by atoms with Gasteiger partial charge in [-0.05, 0) is 74.8 Å². The second-order valence-electron chi connectivity index (χ2n) is 5.53. The summed E-state index contributed by atoms with van der Waals surface area (Å²) in [6.45, 7) is 3.31. The maximum absolute atomic E-state index is 13.6. The Balaban J connectivity index is 1.79. The minimum atomic E-state index is -0.0762. The first kappa shape index (κ1) is 15.0. The number of benzene rings is 1. The van der Waals surface area contributed by atoms with Gasteiger partial charge in [0.1, 0.15) is 5.82 Å². The largest absolute Gasteiger partial charge is 0.314 e. The number of rotatable bonds is 8. The smallest absolute Gasteiger partial charge is 0.126 e. The van der Waals surface area contributed by atoms with Gasteiger partial charge >= 0.3 is 0 Å². The van der Waals surface area contributed by atoms with Crippen LogP contribution in [0.2, 0.25) is 0 Å². The standard InChI is InChI=1S/C16H23BrFN/c1-2-10-19-16(12-6-7-12)5-3-4-13-11-14(17)8-9-15(13)18/h8-9,11-12,16,19H,2-7,10H2,1H3. The quantitative estimate of drug-likeness (QED) is 0.730. The first-order valence-corrected chi connectivity index (χ1v) is 8.17. The number of halogens is 2. The van der Waals surface area contributed by atoms with Crippen LogP contribution in [0.15, 0.2) is 22.7 Å². The topological polar surface area (TPSA) is 12.0 Å². The van der Waals surface area contributed by atoms with Crippen LogP contribution in [-0.4, -0.2) is 12.6 Å². The minimum Gasteiger partial charge on any atom is -0.314 e. The molecule has 1 atom stereocenters. The van der Waals surface area contributed by atoms with Crippen LogP contribution in [0, 0.1) is 11.7 Å². The van der Waals surface area contributed by atoms with Gasteiger partial charge in [0.2, 0.25) is 0 Å². The first-order valence-electron chi connectivity index (χ1n) is 7.38. The fourth-order valence-electron chi connectivity index (χ4n) is 2.58. The molecule has 0 aromatic heterocycles. The minimum absolute atomic E-state index is 0.0762. The van der Waals surface area contributed by atoms with Gasteiger partial charge in [0, 0.05) is 10.5 Å². The molecule has 0 bridgehead atoms. The van der Waals surface area contributed by atoms with Crippen LogP contribution in [0.4, 0.5) is 4.39 Å². The third-order valence-electron chi connectivity index (χ3n) is 3.82. The van der Waals surface area contributed by atoms with Crippen molar-refractivity contribution in [2.45, 2.75) is 51.5 Å². The second-order valence-corrected chi connectivity index (χ2v) is 6.44. The Morgan fingerprint density at radius 3 is 2.89 bits per heavy atom. The zero-order valence-corrected chi connectivity index (χ0v) is 13.2. The van der Waals surface area contributed by atoms with E-state index in [0.29, 0.717) is 6.04 Å².